The van der Waals surface area contributed by atoms with Gasteiger partial charge in [-0.2, -0.15) is 9.81 Å². The van der Waals surface area contributed by atoms with Gasteiger partial charge < -0.3 is 0 Å². The molecule has 1 rings (SSSR count). The minimum absolute atomic E-state index is 0.469. The molecular weight excluding hydrogens is 180 g/mol. The van der Waals surface area contributed by atoms with E-state index >= 15 is 0 Å². The first-order valence-corrected chi connectivity index (χ1v) is 4.46. The lowest BCUT2D eigenvalue weighted by molar-refractivity contribution is 0.555. The molecule has 0 saturated carbocycles. The van der Waals surface area contributed by atoms with Crippen molar-refractivity contribution < 1.29 is 0 Å². The molecule has 0 bridgehead atoms. The molecule has 0 N–H and O–H groups in total. The van der Waals surface area contributed by atoms with Crippen molar-refractivity contribution in [3.8, 4) is 0 Å². The first kappa shape index (κ1) is 10.5. The predicted octanol–water partition coefficient (Wildman–Crippen LogP) is 2.52. The molecule has 0 heterocycles. The molecule has 0 spiro atoms. The summed E-state index contributed by atoms with van der Waals surface area (Å²) in [5.41, 5.74) is 0.993. The van der Waals surface area contributed by atoms with E-state index in [2.05, 4.69) is 10.4 Å². The molecule has 2 unspecified atom stereocenters. The highest BCUT2D eigenvalue weighted by Crippen LogP contribution is 2.10. The van der Waals surface area contributed by atoms with E-state index in [1.54, 1.807) is 6.92 Å². The van der Waals surface area contributed by atoms with Crippen LogP contribution < -0.4 is 0 Å². The van der Waals surface area contributed by atoms with Gasteiger partial charge in [0, 0.05) is 6.42 Å². The van der Waals surface area contributed by atoms with Gasteiger partial charge in [-0.25, -0.2) is 0 Å². The number of benzene rings is 1. The van der Waals surface area contributed by atoms with Gasteiger partial charge in [-0.3, -0.25) is 0 Å². The molecule has 0 aliphatic carbocycles. The van der Waals surface area contributed by atoms with Crippen LogP contribution in [-0.4, -0.2) is 12.1 Å². The van der Waals surface area contributed by atoms with Crippen molar-refractivity contribution in [3.05, 3.63) is 45.7 Å². The highest BCUT2D eigenvalue weighted by molar-refractivity contribution is 5.16. The summed E-state index contributed by atoms with van der Waals surface area (Å²) in [4.78, 5) is 20.7. The molecule has 0 amide bonds. The van der Waals surface area contributed by atoms with Crippen LogP contribution in [0, 0.1) is 9.81 Å². The summed E-state index contributed by atoms with van der Waals surface area (Å²) in [7, 11) is 0. The normalized spacial score (nSPS) is 14.4. The van der Waals surface area contributed by atoms with Gasteiger partial charge >= 0.3 is 0 Å². The maximum absolute atomic E-state index is 10.5. The summed E-state index contributed by atoms with van der Waals surface area (Å²) in [6.07, 6.45) is 0.469. The third kappa shape index (κ3) is 2.73. The van der Waals surface area contributed by atoms with Gasteiger partial charge in [0.15, 0.2) is 0 Å². The first-order chi connectivity index (χ1) is 6.77. The lowest BCUT2D eigenvalue weighted by atomic mass is 10.0. The van der Waals surface area contributed by atoms with Crippen LogP contribution in [0.1, 0.15) is 12.5 Å². The third-order valence-electron chi connectivity index (χ3n) is 2.15. The molecule has 14 heavy (non-hydrogen) atoms. The van der Waals surface area contributed by atoms with E-state index < -0.39 is 12.1 Å². The monoisotopic (exact) mass is 192 g/mol. The first-order valence-electron chi connectivity index (χ1n) is 4.46. The molecule has 0 fully saturated rings. The predicted molar refractivity (Wildman–Crippen MR) is 55.0 cm³/mol. The Morgan fingerprint density at radius 3 is 2.29 bits per heavy atom. The molecular formula is C10H12N2O2. The molecule has 1 aromatic rings. The molecule has 2 atom stereocenters. The van der Waals surface area contributed by atoms with Gasteiger partial charge in [0.2, 0.25) is 0 Å². The molecule has 1 aromatic carbocycles. The van der Waals surface area contributed by atoms with Crippen LogP contribution in [0.3, 0.4) is 0 Å². The summed E-state index contributed by atoms with van der Waals surface area (Å²) >= 11 is 0. The number of rotatable bonds is 5. The molecule has 0 aliphatic rings. The molecule has 0 aliphatic heterocycles. The minimum Gasteiger partial charge on any atom is -0.150 e. The average Bonchev–Trinajstić information content (AvgIpc) is 2.26. The van der Waals surface area contributed by atoms with Crippen molar-refractivity contribution in [3.63, 3.8) is 0 Å². The number of nitroso groups, excluding NO2 is 2. The quantitative estimate of drug-likeness (QED) is 0.673. The van der Waals surface area contributed by atoms with Crippen molar-refractivity contribution in [1.29, 1.82) is 0 Å². The average molecular weight is 192 g/mol. The lowest BCUT2D eigenvalue weighted by Gasteiger charge is -2.10. The zero-order chi connectivity index (χ0) is 10.4. The Balaban J connectivity index is 2.66. The van der Waals surface area contributed by atoms with Crippen LogP contribution in [0.25, 0.3) is 0 Å². The molecule has 0 aromatic heterocycles. The van der Waals surface area contributed by atoms with E-state index in [0.717, 1.165) is 5.56 Å². The van der Waals surface area contributed by atoms with Gasteiger partial charge in [0.05, 0.1) is 0 Å². The fourth-order valence-electron chi connectivity index (χ4n) is 1.22. The second-order valence-electron chi connectivity index (χ2n) is 3.21. The zero-order valence-electron chi connectivity index (χ0n) is 7.96. The summed E-state index contributed by atoms with van der Waals surface area (Å²) in [6, 6.07) is 8.34. The zero-order valence-corrected chi connectivity index (χ0v) is 7.96. The smallest absolute Gasteiger partial charge is 0.121 e. The number of hydrogen-bond donors (Lipinski definition) is 0. The van der Waals surface area contributed by atoms with Crippen LogP contribution in [0.15, 0.2) is 40.7 Å². The van der Waals surface area contributed by atoms with E-state index in [1.165, 1.54) is 0 Å². The molecule has 74 valence electrons. The third-order valence-corrected chi connectivity index (χ3v) is 2.15. The lowest BCUT2D eigenvalue weighted by Crippen LogP contribution is -2.21. The van der Waals surface area contributed by atoms with Gasteiger partial charge in [0.25, 0.3) is 0 Å². The van der Waals surface area contributed by atoms with Crippen molar-refractivity contribution in [2.24, 2.45) is 10.4 Å². The Bertz CT molecular complexity index is 300. The van der Waals surface area contributed by atoms with Crippen LogP contribution in [0.2, 0.25) is 0 Å². The summed E-state index contributed by atoms with van der Waals surface area (Å²) in [6.45, 7) is 1.60. The number of hydrogen-bond acceptors (Lipinski definition) is 4. The van der Waals surface area contributed by atoms with Crippen molar-refractivity contribution in [2.45, 2.75) is 25.4 Å². The fraction of sp³-hybridized carbons (Fsp3) is 0.400. The van der Waals surface area contributed by atoms with Crippen LogP contribution in [-0.2, 0) is 6.42 Å². The highest BCUT2D eigenvalue weighted by atomic mass is 16.3. The summed E-state index contributed by atoms with van der Waals surface area (Å²) in [5, 5.41) is 5.72. The molecule has 4 heteroatoms. The largest absolute Gasteiger partial charge is 0.150 e. The minimum atomic E-state index is -0.562. The maximum Gasteiger partial charge on any atom is 0.121 e. The second-order valence-corrected chi connectivity index (χ2v) is 3.21. The van der Waals surface area contributed by atoms with Gasteiger partial charge in [-0.05, 0) is 12.5 Å². The standard InChI is InChI=1S/C10H12N2O2/c1-8(11-13)10(12-14)7-9-5-3-2-4-6-9/h2-6,8,10H,7H2,1H3. The highest BCUT2D eigenvalue weighted by Gasteiger charge is 2.18. The van der Waals surface area contributed by atoms with Crippen molar-refractivity contribution >= 4 is 0 Å². The van der Waals surface area contributed by atoms with E-state index in [1.807, 2.05) is 30.3 Å². The van der Waals surface area contributed by atoms with E-state index in [-0.39, 0.29) is 0 Å². The maximum atomic E-state index is 10.5. The van der Waals surface area contributed by atoms with Crippen molar-refractivity contribution in [2.75, 3.05) is 0 Å². The fourth-order valence-corrected chi connectivity index (χ4v) is 1.22. The van der Waals surface area contributed by atoms with E-state index in [4.69, 9.17) is 0 Å². The Hall–Kier alpha value is -1.58. The Morgan fingerprint density at radius 1 is 1.14 bits per heavy atom. The van der Waals surface area contributed by atoms with Crippen molar-refractivity contribution in [1.82, 2.24) is 0 Å². The Morgan fingerprint density at radius 2 is 1.79 bits per heavy atom. The number of nitrogens with zero attached hydrogens (tertiary/aromatic N) is 2. The van der Waals surface area contributed by atoms with Crippen LogP contribution >= 0.6 is 0 Å². The van der Waals surface area contributed by atoms with Crippen LogP contribution in [0.5, 0.6) is 0 Å². The SMILES string of the molecule is CC(N=O)C(Cc1ccccc1)N=O. The van der Waals surface area contributed by atoms with Gasteiger partial charge in [-0.1, -0.05) is 40.7 Å². The molecule has 4 nitrogen and oxygen atoms in total. The van der Waals surface area contributed by atoms with Gasteiger partial charge in [0.1, 0.15) is 12.1 Å². The van der Waals surface area contributed by atoms with E-state index in [0.29, 0.717) is 6.42 Å². The topological polar surface area (TPSA) is 58.9 Å². The molecule has 0 radical (unpaired) electrons. The van der Waals surface area contributed by atoms with Crippen LogP contribution in [0.4, 0.5) is 0 Å². The Labute approximate surface area is 82.3 Å². The van der Waals surface area contributed by atoms with E-state index in [9.17, 15) is 9.81 Å². The second kappa shape index (κ2) is 5.21. The Kier molecular flexibility index (Phi) is 3.91. The summed E-state index contributed by atoms with van der Waals surface area (Å²) in [5.74, 6) is 0. The molecule has 0 saturated heterocycles. The summed E-state index contributed by atoms with van der Waals surface area (Å²) < 4.78 is 0. The van der Waals surface area contributed by atoms with Gasteiger partial charge in [-0.15, -0.1) is 0 Å².